The second-order valence-corrected chi connectivity index (χ2v) is 7.03. The number of thiazole rings is 1. The lowest BCUT2D eigenvalue weighted by Gasteiger charge is -2.33. The Morgan fingerprint density at radius 3 is 2.96 bits per heavy atom. The van der Waals surface area contributed by atoms with E-state index in [9.17, 15) is 4.79 Å². The highest BCUT2D eigenvalue weighted by Crippen LogP contribution is 2.18. The highest BCUT2D eigenvalue weighted by molar-refractivity contribution is 14.0. The molecule has 2 rings (SSSR count). The molecule has 1 atom stereocenters. The fourth-order valence-electron chi connectivity index (χ4n) is 2.86. The largest absolute Gasteiger partial charge is 0.466 e. The highest BCUT2D eigenvalue weighted by Gasteiger charge is 2.28. The van der Waals surface area contributed by atoms with Gasteiger partial charge in [0.2, 0.25) is 0 Å². The minimum atomic E-state index is -0.0902. The zero-order chi connectivity index (χ0) is 17.4. The van der Waals surface area contributed by atoms with Crippen molar-refractivity contribution in [1.29, 1.82) is 0 Å². The molecule has 1 aromatic heterocycles. The van der Waals surface area contributed by atoms with E-state index in [1.54, 1.807) is 18.4 Å². The van der Waals surface area contributed by atoms with E-state index < -0.39 is 0 Å². The topological polar surface area (TPSA) is 66.8 Å². The predicted molar refractivity (Wildman–Crippen MR) is 113 cm³/mol. The van der Waals surface area contributed by atoms with Crippen molar-refractivity contribution in [3.63, 3.8) is 0 Å². The molecule has 0 radical (unpaired) electrons. The van der Waals surface area contributed by atoms with E-state index in [-0.39, 0.29) is 35.9 Å². The van der Waals surface area contributed by atoms with Crippen molar-refractivity contribution >= 4 is 47.2 Å². The van der Waals surface area contributed by atoms with Gasteiger partial charge in [0.25, 0.3) is 0 Å². The van der Waals surface area contributed by atoms with Crippen molar-refractivity contribution < 1.29 is 9.53 Å². The number of esters is 1. The third-order valence-corrected chi connectivity index (χ3v) is 5.33. The first-order valence-corrected chi connectivity index (χ1v) is 9.55. The number of halogens is 1. The molecule has 1 aromatic rings. The number of carbonyl (C=O) groups is 1. The molecule has 0 amide bonds. The molecule has 0 aliphatic carbocycles. The summed E-state index contributed by atoms with van der Waals surface area (Å²) in [5, 5.41) is 4.55. The summed E-state index contributed by atoms with van der Waals surface area (Å²) in [5.74, 6) is 0.715. The van der Waals surface area contributed by atoms with Crippen molar-refractivity contribution in [3.05, 3.63) is 16.1 Å². The van der Waals surface area contributed by atoms with Crippen LogP contribution in [0.1, 0.15) is 36.6 Å². The molecule has 0 saturated carbocycles. The molecule has 0 bridgehead atoms. The van der Waals surface area contributed by atoms with Crippen LogP contribution in [0.4, 0.5) is 0 Å². The maximum absolute atomic E-state index is 12.0. The first kappa shape index (κ1) is 22.1. The molecule has 1 saturated heterocycles. The summed E-state index contributed by atoms with van der Waals surface area (Å²) in [6, 6.07) is 0. The number of hydrogen-bond donors (Lipinski definition) is 1. The third kappa shape index (κ3) is 6.73. The third-order valence-electron chi connectivity index (χ3n) is 4.12. The highest BCUT2D eigenvalue weighted by atomic mass is 127. The summed E-state index contributed by atoms with van der Waals surface area (Å²) in [6.07, 6.45) is 5.76. The molecular formula is C17H29IN4O2S. The molecule has 142 valence electrons. The quantitative estimate of drug-likeness (QED) is 0.294. The fourth-order valence-corrected chi connectivity index (χ4v) is 3.72. The standard InChI is InChI=1S/C17H28N4O2S.HI/c1-4-14-11-20-15(24-14)8-9-19-17(18-3)21-10-6-7-13(12-21)16(22)23-5-2;/h11,13H,4-10,12H2,1-3H3,(H,18,19);1H. The van der Waals surface area contributed by atoms with Gasteiger partial charge in [0.1, 0.15) is 0 Å². The van der Waals surface area contributed by atoms with Crippen LogP contribution in [0.5, 0.6) is 0 Å². The lowest BCUT2D eigenvalue weighted by molar-refractivity contribution is -0.149. The average Bonchev–Trinajstić information content (AvgIpc) is 3.07. The van der Waals surface area contributed by atoms with E-state index in [1.165, 1.54) is 4.88 Å². The Labute approximate surface area is 171 Å². The summed E-state index contributed by atoms with van der Waals surface area (Å²) >= 11 is 1.77. The van der Waals surface area contributed by atoms with Gasteiger partial charge < -0.3 is 15.0 Å². The predicted octanol–water partition coefficient (Wildman–Crippen LogP) is 2.72. The van der Waals surface area contributed by atoms with Crippen molar-refractivity contribution in [2.45, 2.75) is 39.5 Å². The number of likely N-dealkylation sites (tertiary alicyclic amines) is 1. The van der Waals surface area contributed by atoms with Crippen LogP contribution in [-0.2, 0) is 22.4 Å². The van der Waals surface area contributed by atoms with Gasteiger partial charge in [0.15, 0.2) is 5.96 Å². The first-order valence-electron chi connectivity index (χ1n) is 8.73. The van der Waals surface area contributed by atoms with Crippen LogP contribution in [0, 0.1) is 5.92 Å². The number of aryl methyl sites for hydroxylation is 1. The average molecular weight is 480 g/mol. The van der Waals surface area contributed by atoms with E-state index >= 15 is 0 Å². The molecular weight excluding hydrogens is 451 g/mol. The Bertz CT molecular complexity index is 565. The summed E-state index contributed by atoms with van der Waals surface area (Å²) in [6.45, 7) is 6.83. The van der Waals surface area contributed by atoms with Crippen molar-refractivity contribution in [3.8, 4) is 0 Å². The van der Waals surface area contributed by atoms with E-state index in [2.05, 4.69) is 27.1 Å². The van der Waals surface area contributed by atoms with Gasteiger partial charge in [-0.15, -0.1) is 35.3 Å². The summed E-state index contributed by atoms with van der Waals surface area (Å²) in [5.41, 5.74) is 0. The molecule has 1 unspecified atom stereocenters. The van der Waals surface area contributed by atoms with Crippen LogP contribution < -0.4 is 5.32 Å². The molecule has 1 fully saturated rings. The fraction of sp³-hybridized carbons (Fsp3) is 0.706. The minimum Gasteiger partial charge on any atom is -0.466 e. The molecule has 8 heteroatoms. The number of aromatic nitrogens is 1. The Morgan fingerprint density at radius 2 is 2.32 bits per heavy atom. The molecule has 0 aromatic carbocycles. The van der Waals surface area contributed by atoms with E-state index in [0.717, 1.165) is 49.7 Å². The number of nitrogens with one attached hydrogen (secondary N) is 1. The van der Waals surface area contributed by atoms with Gasteiger partial charge in [-0.25, -0.2) is 4.98 Å². The summed E-state index contributed by atoms with van der Waals surface area (Å²) in [7, 11) is 1.79. The normalized spacial score (nSPS) is 17.8. The van der Waals surface area contributed by atoms with Gasteiger partial charge in [-0.05, 0) is 26.2 Å². The van der Waals surface area contributed by atoms with Crippen LogP contribution >= 0.6 is 35.3 Å². The van der Waals surface area contributed by atoms with Gasteiger partial charge in [0, 0.05) is 44.2 Å². The van der Waals surface area contributed by atoms with Crippen LogP contribution in [-0.4, -0.2) is 55.1 Å². The van der Waals surface area contributed by atoms with E-state index in [0.29, 0.717) is 13.2 Å². The summed E-state index contributed by atoms with van der Waals surface area (Å²) < 4.78 is 5.16. The number of rotatable bonds is 6. The number of aliphatic imine (C=N–C) groups is 1. The molecule has 1 aliphatic rings. The first-order chi connectivity index (χ1) is 11.7. The monoisotopic (exact) mass is 480 g/mol. The van der Waals surface area contributed by atoms with Crippen LogP contribution in [0.3, 0.4) is 0 Å². The Balaban J connectivity index is 0.00000312. The van der Waals surface area contributed by atoms with Crippen molar-refractivity contribution in [2.24, 2.45) is 10.9 Å². The molecule has 1 aliphatic heterocycles. The van der Waals surface area contributed by atoms with Crippen molar-refractivity contribution in [1.82, 2.24) is 15.2 Å². The van der Waals surface area contributed by atoms with Gasteiger partial charge in [-0.3, -0.25) is 9.79 Å². The zero-order valence-corrected chi connectivity index (χ0v) is 18.4. The van der Waals surface area contributed by atoms with Gasteiger partial charge in [-0.2, -0.15) is 0 Å². The molecule has 6 nitrogen and oxygen atoms in total. The second-order valence-electron chi connectivity index (χ2n) is 5.84. The number of piperidine rings is 1. The number of ether oxygens (including phenoxy) is 1. The number of carbonyl (C=O) groups excluding carboxylic acids is 1. The molecule has 1 N–H and O–H groups in total. The second kappa shape index (κ2) is 11.7. The minimum absolute atomic E-state index is 0. The van der Waals surface area contributed by atoms with E-state index in [1.807, 2.05) is 13.1 Å². The van der Waals surface area contributed by atoms with Crippen molar-refractivity contribution in [2.75, 3.05) is 33.3 Å². The van der Waals surface area contributed by atoms with Crippen LogP contribution in [0.15, 0.2) is 11.2 Å². The maximum Gasteiger partial charge on any atom is 0.310 e. The molecule has 2 heterocycles. The van der Waals surface area contributed by atoms with Gasteiger partial charge >= 0.3 is 5.97 Å². The Morgan fingerprint density at radius 1 is 1.52 bits per heavy atom. The smallest absolute Gasteiger partial charge is 0.310 e. The Kier molecular flexibility index (Phi) is 10.3. The van der Waals surface area contributed by atoms with E-state index in [4.69, 9.17) is 4.74 Å². The van der Waals surface area contributed by atoms with Crippen LogP contribution in [0.2, 0.25) is 0 Å². The number of nitrogens with zero attached hydrogens (tertiary/aromatic N) is 3. The molecule has 25 heavy (non-hydrogen) atoms. The number of hydrogen-bond acceptors (Lipinski definition) is 5. The SMILES string of the molecule is CCOC(=O)C1CCCN(C(=NC)NCCc2ncc(CC)s2)C1.I. The lowest BCUT2D eigenvalue weighted by Crippen LogP contribution is -2.48. The zero-order valence-electron chi connectivity index (χ0n) is 15.3. The van der Waals surface area contributed by atoms with Crippen LogP contribution in [0.25, 0.3) is 0 Å². The van der Waals surface area contributed by atoms with Gasteiger partial charge in [-0.1, -0.05) is 6.92 Å². The molecule has 0 spiro atoms. The number of guanidine groups is 1. The summed E-state index contributed by atoms with van der Waals surface area (Å²) in [4.78, 5) is 24.3. The Hall–Kier alpha value is -0.900. The maximum atomic E-state index is 12.0. The lowest BCUT2D eigenvalue weighted by atomic mass is 9.98. The van der Waals surface area contributed by atoms with Gasteiger partial charge in [0.05, 0.1) is 17.5 Å².